The Morgan fingerprint density at radius 1 is 1.62 bits per heavy atom. The number of halogens is 1. The Kier molecular flexibility index (Phi) is 1.70. The fourth-order valence-corrected chi connectivity index (χ4v) is 3.56. The number of fused-ring (bicyclic) bond motifs is 2. The van der Waals surface area contributed by atoms with Gasteiger partial charge in [0.25, 0.3) is 0 Å². The van der Waals surface area contributed by atoms with E-state index in [1.165, 1.54) is 5.57 Å². The first-order valence-corrected chi connectivity index (χ1v) is 5.19. The predicted octanol–water partition coefficient (Wildman–Crippen LogP) is 3.13. The van der Waals surface area contributed by atoms with Crippen molar-refractivity contribution in [1.29, 1.82) is 0 Å². The monoisotopic (exact) mass is 198 g/mol. The first-order valence-electron chi connectivity index (χ1n) is 4.81. The van der Waals surface area contributed by atoms with Gasteiger partial charge in [-0.15, -0.1) is 0 Å². The molecule has 2 aliphatic carbocycles. The van der Waals surface area contributed by atoms with E-state index >= 15 is 0 Å². The van der Waals surface area contributed by atoms with Crippen LogP contribution in [0.4, 0.5) is 0 Å². The third-order valence-electron chi connectivity index (χ3n) is 4.38. The lowest BCUT2D eigenvalue weighted by molar-refractivity contribution is -0.124. The molecule has 0 N–H and O–H groups in total. The highest BCUT2D eigenvalue weighted by atomic mass is 35.5. The largest absolute Gasteiger partial charge is 0.281 e. The van der Waals surface area contributed by atoms with Gasteiger partial charge in [0.05, 0.1) is 5.41 Å². The summed E-state index contributed by atoms with van der Waals surface area (Å²) in [5.74, 6) is 0.540. The summed E-state index contributed by atoms with van der Waals surface area (Å²) in [4.78, 5) is 11.5. The third-order valence-corrected chi connectivity index (χ3v) is 4.74. The second kappa shape index (κ2) is 2.38. The second-order valence-corrected chi connectivity index (χ2v) is 5.29. The highest BCUT2D eigenvalue weighted by molar-refractivity contribution is 6.64. The van der Waals surface area contributed by atoms with Gasteiger partial charge in [0.1, 0.15) is 0 Å². The SMILES string of the molecule is C=C1C2CCC(C(=O)Cl)(C2)C1(C)C. The van der Waals surface area contributed by atoms with Gasteiger partial charge in [-0.05, 0) is 42.2 Å². The molecule has 2 rings (SSSR count). The van der Waals surface area contributed by atoms with Crippen LogP contribution in [0.1, 0.15) is 33.1 Å². The molecule has 0 amide bonds. The maximum absolute atomic E-state index is 11.5. The first-order chi connectivity index (χ1) is 5.92. The lowest BCUT2D eigenvalue weighted by Gasteiger charge is -2.40. The van der Waals surface area contributed by atoms with Crippen LogP contribution in [0.25, 0.3) is 0 Å². The van der Waals surface area contributed by atoms with Crippen molar-refractivity contribution in [2.45, 2.75) is 33.1 Å². The van der Waals surface area contributed by atoms with Crippen molar-refractivity contribution in [2.24, 2.45) is 16.7 Å². The number of carbonyl (C=O) groups excluding carboxylic acids is 1. The van der Waals surface area contributed by atoms with Crippen LogP contribution in [0.5, 0.6) is 0 Å². The molecule has 0 radical (unpaired) electrons. The van der Waals surface area contributed by atoms with Crippen molar-refractivity contribution in [3.8, 4) is 0 Å². The van der Waals surface area contributed by atoms with Gasteiger partial charge in [-0.2, -0.15) is 0 Å². The van der Waals surface area contributed by atoms with Crippen molar-refractivity contribution in [3.05, 3.63) is 12.2 Å². The molecule has 0 aliphatic heterocycles. The molecule has 2 unspecified atom stereocenters. The minimum Gasteiger partial charge on any atom is -0.281 e. The quantitative estimate of drug-likeness (QED) is 0.468. The van der Waals surface area contributed by atoms with E-state index in [0.29, 0.717) is 5.92 Å². The molecular weight excluding hydrogens is 184 g/mol. The Balaban J connectivity index is 2.50. The number of rotatable bonds is 1. The highest BCUT2D eigenvalue weighted by Gasteiger charge is 2.62. The maximum atomic E-state index is 11.5. The van der Waals surface area contributed by atoms with Crippen LogP contribution >= 0.6 is 11.6 Å². The summed E-state index contributed by atoms with van der Waals surface area (Å²) in [5.41, 5.74) is 0.846. The zero-order valence-corrected chi connectivity index (χ0v) is 8.95. The highest BCUT2D eigenvalue weighted by Crippen LogP contribution is 2.67. The Labute approximate surface area is 84.2 Å². The molecule has 0 saturated heterocycles. The van der Waals surface area contributed by atoms with E-state index in [-0.39, 0.29) is 16.1 Å². The Bertz CT molecular complexity index is 292. The van der Waals surface area contributed by atoms with E-state index in [9.17, 15) is 4.79 Å². The molecular formula is C11H15ClO. The van der Waals surface area contributed by atoms with Crippen molar-refractivity contribution in [3.63, 3.8) is 0 Å². The van der Waals surface area contributed by atoms with E-state index in [1.807, 2.05) is 0 Å². The molecule has 2 bridgehead atoms. The first kappa shape index (κ1) is 9.26. The molecule has 2 heteroatoms. The van der Waals surface area contributed by atoms with Crippen LogP contribution in [0.15, 0.2) is 12.2 Å². The number of carbonyl (C=O) groups is 1. The predicted molar refractivity (Wildman–Crippen MR) is 53.6 cm³/mol. The van der Waals surface area contributed by atoms with Crippen LogP contribution in [0.3, 0.4) is 0 Å². The summed E-state index contributed by atoms with van der Waals surface area (Å²) in [6.45, 7) is 8.32. The van der Waals surface area contributed by atoms with Crippen LogP contribution in [-0.2, 0) is 4.79 Å². The van der Waals surface area contributed by atoms with Crippen LogP contribution in [-0.4, -0.2) is 5.24 Å². The lowest BCUT2D eigenvalue weighted by Crippen LogP contribution is -2.38. The van der Waals surface area contributed by atoms with Crippen molar-refractivity contribution >= 4 is 16.8 Å². The molecule has 0 spiro atoms. The Hall–Kier alpha value is -0.300. The molecule has 72 valence electrons. The topological polar surface area (TPSA) is 17.1 Å². The minimum absolute atomic E-state index is 0.0885. The molecule has 0 aromatic heterocycles. The average Bonchev–Trinajstić information content (AvgIpc) is 2.53. The smallest absolute Gasteiger partial charge is 0.228 e. The van der Waals surface area contributed by atoms with E-state index in [0.717, 1.165) is 19.3 Å². The summed E-state index contributed by atoms with van der Waals surface area (Å²) < 4.78 is 0. The van der Waals surface area contributed by atoms with Gasteiger partial charge in [0, 0.05) is 0 Å². The Morgan fingerprint density at radius 3 is 2.54 bits per heavy atom. The molecule has 0 aromatic rings. The molecule has 2 fully saturated rings. The minimum atomic E-state index is -0.295. The van der Waals surface area contributed by atoms with Crippen molar-refractivity contribution in [1.82, 2.24) is 0 Å². The van der Waals surface area contributed by atoms with Crippen LogP contribution in [0.2, 0.25) is 0 Å². The normalized spacial score (nSPS) is 41.2. The van der Waals surface area contributed by atoms with Gasteiger partial charge in [-0.1, -0.05) is 26.0 Å². The fraction of sp³-hybridized carbons (Fsp3) is 0.727. The fourth-order valence-electron chi connectivity index (χ4n) is 3.15. The Morgan fingerprint density at radius 2 is 2.23 bits per heavy atom. The summed E-state index contributed by atoms with van der Waals surface area (Å²) in [6, 6.07) is 0. The standard InChI is InChI=1S/C11H15ClO/c1-7-8-4-5-11(6-8,9(12)13)10(7,2)3/h8H,1,4-6H2,2-3H3. The molecule has 1 nitrogen and oxygen atoms in total. The summed E-state index contributed by atoms with van der Waals surface area (Å²) in [5, 5.41) is -0.154. The number of allylic oxidation sites excluding steroid dienone is 1. The summed E-state index contributed by atoms with van der Waals surface area (Å²) in [6.07, 6.45) is 2.98. The lowest BCUT2D eigenvalue weighted by atomic mass is 9.64. The van der Waals surface area contributed by atoms with E-state index < -0.39 is 0 Å². The molecule has 13 heavy (non-hydrogen) atoms. The molecule has 0 heterocycles. The number of hydrogen-bond donors (Lipinski definition) is 0. The van der Waals surface area contributed by atoms with Gasteiger partial charge in [0.15, 0.2) is 0 Å². The zero-order valence-electron chi connectivity index (χ0n) is 8.19. The van der Waals surface area contributed by atoms with Crippen LogP contribution in [0, 0.1) is 16.7 Å². The maximum Gasteiger partial charge on any atom is 0.228 e. The molecule has 2 atom stereocenters. The number of hydrogen-bond acceptors (Lipinski definition) is 1. The molecule has 0 aromatic carbocycles. The van der Waals surface area contributed by atoms with E-state index in [2.05, 4.69) is 20.4 Å². The van der Waals surface area contributed by atoms with Crippen molar-refractivity contribution < 1.29 is 4.79 Å². The second-order valence-electron chi connectivity index (χ2n) is 4.95. The summed E-state index contributed by atoms with van der Waals surface area (Å²) >= 11 is 5.74. The van der Waals surface area contributed by atoms with Gasteiger partial charge >= 0.3 is 0 Å². The molecule has 2 aliphatic rings. The van der Waals surface area contributed by atoms with Gasteiger partial charge in [0.2, 0.25) is 5.24 Å². The summed E-state index contributed by atoms with van der Waals surface area (Å²) in [7, 11) is 0. The van der Waals surface area contributed by atoms with Crippen molar-refractivity contribution in [2.75, 3.05) is 0 Å². The van der Waals surface area contributed by atoms with E-state index in [1.54, 1.807) is 0 Å². The molecule has 2 saturated carbocycles. The van der Waals surface area contributed by atoms with Gasteiger partial charge in [-0.25, -0.2) is 0 Å². The third kappa shape index (κ3) is 0.864. The zero-order chi connectivity index (χ0) is 9.85. The van der Waals surface area contributed by atoms with E-state index in [4.69, 9.17) is 11.6 Å². The van der Waals surface area contributed by atoms with Gasteiger partial charge in [-0.3, -0.25) is 4.79 Å². The average molecular weight is 199 g/mol. The van der Waals surface area contributed by atoms with Gasteiger partial charge < -0.3 is 0 Å². The van der Waals surface area contributed by atoms with Crippen LogP contribution < -0.4 is 0 Å².